The Morgan fingerprint density at radius 3 is 2.30 bits per heavy atom. The molecule has 2 heterocycles. The summed E-state index contributed by atoms with van der Waals surface area (Å²) in [5.74, 6) is -1.09. The minimum atomic E-state index is -0.603. The van der Waals surface area contributed by atoms with Crippen molar-refractivity contribution < 1.29 is 23.5 Å². The molecule has 0 atom stereocenters. The van der Waals surface area contributed by atoms with E-state index >= 15 is 0 Å². The molecule has 3 aromatic rings. The zero-order valence-electron chi connectivity index (χ0n) is 16.5. The summed E-state index contributed by atoms with van der Waals surface area (Å²) in [7, 11) is 0. The second-order valence-electron chi connectivity index (χ2n) is 7.37. The highest BCUT2D eigenvalue weighted by Gasteiger charge is 2.35. The molecule has 0 spiro atoms. The third-order valence-corrected chi connectivity index (χ3v) is 5.02. The van der Waals surface area contributed by atoms with Crippen LogP contribution in [0.25, 0.3) is 11.0 Å². The minimum Gasteiger partial charge on any atom is -0.426 e. The summed E-state index contributed by atoms with van der Waals surface area (Å²) in [5.41, 5.74) is 1.38. The molecule has 0 fully saturated rings. The number of carbonyl (C=O) groups excluding carboxylic acids is 3. The van der Waals surface area contributed by atoms with Gasteiger partial charge < -0.3 is 9.15 Å². The Hall–Kier alpha value is -3.74. The largest absolute Gasteiger partial charge is 0.426 e. The third-order valence-electron chi connectivity index (χ3n) is 5.02. The van der Waals surface area contributed by atoms with Gasteiger partial charge in [-0.1, -0.05) is 26.0 Å². The lowest BCUT2D eigenvalue weighted by molar-refractivity contribution is -0.134. The van der Waals surface area contributed by atoms with Crippen molar-refractivity contribution in [2.24, 2.45) is 0 Å². The number of imide groups is 1. The summed E-state index contributed by atoms with van der Waals surface area (Å²) in [6.45, 7) is 3.87. The van der Waals surface area contributed by atoms with Crippen molar-refractivity contribution >= 4 is 28.8 Å². The first-order valence-corrected chi connectivity index (χ1v) is 9.59. The summed E-state index contributed by atoms with van der Waals surface area (Å²) >= 11 is 0. The fraction of sp³-hybridized carbons (Fsp3) is 0.217. The number of esters is 1. The molecule has 2 aromatic carbocycles. The molecule has 1 aliphatic rings. The van der Waals surface area contributed by atoms with Crippen LogP contribution in [-0.4, -0.2) is 29.2 Å². The summed E-state index contributed by atoms with van der Waals surface area (Å²) in [6, 6.07) is 12.8. The molecule has 0 N–H and O–H groups in total. The maximum absolute atomic E-state index is 12.4. The van der Waals surface area contributed by atoms with Crippen LogP contribution in [0.15, 0.2) is 57.7 Å². The molecule has 152 valence electrons. The van der Waals surface area contributed by atoms with Crippen LogP contribution in [0.2, 0.25) is 0 Å². The molecule has 2 amide bonds. The van der Waals surface area contributed by atoms with Crippen molar-refractivity contribution in [1.82, 2.24) is 4.90 Å². The molecule has 1 aromatic heterocycles. The van der Waals surface area contributed by atoms with Gasteiger partial charge in [-0.2, -0.15) is 0 Å². The molecular formula is C23H19NO6. The monoisotopic (exact) mass is 405 g/mol. The van der Waals surface area contributed by atoms with Crippen molar-refractivity contribution in [3.05, 3.63) is 75.6 Å². The van der Waals surface area contributed by atoms with E-state index < -0.39 is 23.4 Å². The number of carbonyl (C=O) groups is 3. The molecule has 30 heavy (non-hydrogen) atoms. The summed E-state index contributed by atoms with van der Waals surface area (Å²) < 4.78 is 10.6. The van der Waals surface area contributed by atoms with Gasteiger partial charge in [-0.3, -0.25) is 19.3 Å². The van der Waals surface area contributed by atoms with Gasteiger partial charge in [0.15, 0.2) is 0 Å². The number of nitrogens with zero attached hydrogens (tertiary/aromatic N) is 1. The maximum atomic E-state index is 12.4. The lowest BCUT2D eigenvalue weighted by Gasteiger charge is -2.13. The highest BCUT2D eigenvalue weighted by Crippen LogP contribution is 2.27. The van der Waals surface area contributed by atoms with Gasteiger partial charge in [0, 0.05) is 24.1 Å². The molecule has 7 heteroatoms. The highest BCUT2D eigenvalue weighted by atomic mass is 16.5. The fourth-order valence-electron chi connectivity index (χ4n) is 3.54. The summed E-state index contributed by atoms with van der Waals surface area (Å²) in [5, 5.41) is 0.774. The lowest BCUT2D eigenvalue weighted by atomic mass is 10.00. The van der Waals surface area contributed by atoms with E-state index in [1.54, 1.807) is 36.4 Å². The Kier molecular flexibility index (Phi) is 4.95. The van der Waals surface area contributed by atoms with Crippen LogP contribution in [0.1, 0.15) is 52.5 Å². The van der Waals surface area contributed by atoms with E-state index in [9.17, 15) is 19.2 Å². The van der Waals surface area contributed by atoms with Gasteiger partial charge in [0.25, 0.3) is 11.8 Å². The Balaban J connectivity index is 1.46. The van der Waals surface area contributed by atoms with Gasteiger partial charge in [0.1, 0.15) is 11.3 Å². The normalized spacial score (nSPS) is 13.2. The predicted molar refractivity (Wildman–Crippen MR) is 109 cm³/mol. The molecule has 0 bridgehead atoms. The summed E-state index contributed by atoms with van der Waals surface area (Å²) in [6.07, 6.45) is -0.153. The van der Waals surface area contributed by atoms with Crippen molar-refractivity contribution in [3.8, 4) is 5.75 Å². The Morgan fingerprint density at radius 2 is 1.67 bits per heavy atom. The molecule has 0 saturated carbocycles. The quantitative estimate of drug-likeness (QED) is 0.279. The molecular weight excluding hydrogens is 386 g/mol. The zero-order valence-corrected chi connectivity index (χ0v) is 16.5. The Labute approximate surface area is 171 Å². The Bertz CT molecular complexity index is 1200. The van der Waals surface area contributed by atoms with E-state index in [2.05, 4.69) is 0 Å². The number of fused-ring (bicyclic) bond motifs is 2. The average Bonchev–Trinajstić information content (AvgIpc) is 2.96. The van der Waals surface area contributed by atoms with Crippen molar-refractivity contribution in [1.29, 1.82) is 0 Å². The number of hydrogen-bond acceptors (Lipinski definition) is 6. The van der Waals surface area contributed by atoms with Crippen molar-refractivity contribution in [3.63, 3.8) is 0 Å². The van der Waals surface area contributed by atoms with Crippen molar-refractivity contribution in [2.75, 3.05) is 6.54 Å². The van der Waals surface area contributed by atoms with E-state index in [1.165, 1.54) is 12.1 Å². The van der Waals surface area contributed by atoms with E-state index in [1.807, 2.05) is 13.8 Å². The highest BCUT2D eigenvalue weighted by molar-refractivity contribution is 6.21. The molecule has 1 aliphatic heterocycles. The van der Waals surface area contributed by atoms with Crippen LogP contribution < -0.4 is 10.4 Å². The number of ether oxygens (including phenoxy) is 1. The zero-order chi connectivity index (χ0) is 21.4. The minimum absolute atomic E-state index is 0.0780. The van der Waals surface area contributed by atoms with Gasteiger partial charge in [0.05, 0.1) is 17.5 Å². The SMILES string of the molecule is CC(C)c1cc(=O)oc2cc(OC(=O)CCN3C(=O)c4ccccc4C3=O)ccc12. The van der Waals surface area contributed by atoms with Crippen LogP contribution >= 0.6 is 0 Å². The topological polar surface area (TPSA) is 93.9 Å². The lowest BCUT2D eigenvalue weighted by Crippen LogP contribution is -2.32. The molecule has 4 rings (SSSR count). The average molecular weight is 405 g/mol. The number of benzene rings is 2. The smallest absolute Gasteiger partial charge is 0.336 e. The standard InChI is InChI=1S/C23H19NO6/c1-13(2)18-12-21(26)30-19-11-14(7-8-15(18)19)29-20(25)9-10-24-22(27)16-5-3-4-6-17(16)23(24)28/h3-8,11-13H,9-10H2,1-2H3. The molecule has 0 radical (unpaired) electrons. The van der Waals surface area contributed by atoms with Crippen molar-refractivity contribution in [2.45, 2.75) is 26.2 Å². The number of hydrogen-bond donors (Lipinski definition) is 0. The van der Waals surface area contributed by atoms with E-state index in [0.29, 0.717) is 16.7 Å². The second-order valence-corrected chi connectivity index (χ2v) is 7.37. The van der Waals surface area contributed by atoms with Crippen LogP contribution in [0.5, 0.6) is 5.75 Å². The number of amides is 2. The second kappa shape index (κ2) is 7.59. The van der Waals surface area contributed by atoms with E-state index in [-0.39, 0.29) is 24.6 Å². The fourth-order valence-corrected chi connectivity index (χ4v) is 3.54. The molecule has 0 unspecified atom stereocenters. The number of rotatable bonds is 5. The molecule has 7 nitrogen and oxygen atoms in total. The van der Waals surface area contributed by atoms with Gasteiger partial charge in [0.2, 0.25) is 0 Å². The molecule has 0 saturated heterocycles. The van der Waals surface area contributed by atoms with Crippen LogP contribution in [0.4, 0.5) is 0 Å². The van der Waals surface area contributed by atoms with E-state index in [4.69, 9.17) is 9.15 Å². The van der Waals surface area contributed by atoms with Crippen LogP contribution in [0.3, 0.4) is 0 Å². The van der Waals surface area contributed by atoms with E-state index in [0.717, 1.165) is 15.8 Å². The first-order chi connectivity index (χ1) is 14.3. The predicted octanol–water partition coefficient (Wildman–Crippen LogP) is 3.51. The first-order valence-electron chi connectivity index (χ1n) is 9.59. The van der Waals surface area contributed by atoms with Gasteiger partial charge in [-0.15, -0.1) is 0 Å². The van der Waals surface area contributed by atoms with Gasteiger partial charge in [-0.05, 0) is 35.7 Å². The van der Waals surface area contributed by atoms with Crippen LogP contribution in [0, 0.1) is 0 Å². The van der Waals surface area contributed by atoms with Crippen LogP contribution in [-0.2, 0) is 4.79 Å². The summed E-state index contributed by atoms with van der Waals surface area (Å²) in [4.78, 5) is 49.8. The maximum Gasteiger partial charge on any atom is 0.336 e. The third kappa shape index (κ3) is 3.50. The first kappa shape index (κ1) is 19.6. The van der Waals surface area contributed by atoms with Gasteiger partial charge in [-0.25, -0.2) is 4.79 Å². The van der Waals surface area contributed by atoms with Gasteiger partial charge >= 0.3 is 11.6 Å². The molecule has 0 aliphatic carbocycles. The Morgan fingerprint density at radius 1 is 1.00 bits per heavy atom.